The summed E-state index contributed by atoms with van der Waals surface area (Å²) in [6.07, 6.45) is 1.73. The number of carbonyl (C=O) groups is 3. The number of carbonyl (C=O) groups excluding carboxylic acids is 2. The average molecular weight is 643 g/mol. The first kappa shape index (κ1) is 30.5. The van der Waals surface area contributed by atoms with E-state index >= 15 is 0 Å². The van der Waals surface area contributed by atoms with E-state index in [4.69, 9.17) is 22.0 Å². The molecule has 0 spiro atoms. The number of amides is 2. The summed E-state index contributed by atoms with van der Waals surface area (Å²) in [4.78, 5) is 49.9. The molecular weight excluding hydrogens is 612 g/mol. The number of carboxylic acids is 1. The highest BCUT2D eigenvalue weighted by molar-refractivity contribution is 8.02. The van der Waals surface area contributed by atoms with Gasteiger partial charge >= 0.3 is 16.3 Å². The van der Waals surface area contributed by atoms with Gasteiger partial charge in [0.05, 0.1) is 25.0 Å². The van der Waals surface area contributed by atoms with Gasteiger partial charge in [0.25, 0.3) is 11.8 Å². The van der Waals surface area contributed by atoms with E-state index in [-0.39, 0.29) is 35.9 Å². The number of carboxylic acid groups (broad SMARTS) is 1. The van der Waals surface area contributed by atoms with Crippen LogP contribution in [0.15, 0.2) is 27.5 Å². The largest absolute Gasteiger partial charge is 0.478 e. The summed E-state index contributed by atoms with van der Waals surface area (Å²) in [6.45, 7) is 1.68. The molecule has 1 aromatic heterocycles. The predicted molar refractivity (Wildman–Crippen MR) is 148 cm³/mol. The third-order valence-corrected chi connectivity index (χ3v) is 8.89. The Bertz CT molecular complexity index is 1500. The van der Waals surface area contributed by atoms with E-state index in [1.165, 1.54) is 11.6 Å². The van der Waals surface area contributed by atoms with Crippen molar-refractivity contribution in [2.24, 2.45) is 33.3 Å². The Morgan fingerprint density at radius 1 is 1.33 bits per heavy atom. The maximum Gasteiger partial charge on any atom is 0.362 e. The molecule has 0 bridgehead atoms. The van der Waals surface area contributed by atoms with Crippen molar-refractivity contribution in [1.29, 1.82) is 0 Å². The molecule has 3 fully saturated rings. The molecule has 43 heavy (non-hydrogen) atoms. The Morgan fingerprint density at radius 2 is 2.05 bits per heavy atom. The van der Waals surface area contributed by atoms with Crippen molar-refractivity contribution in [2.75, 3.05) is 19.6 Å². The number of aliphatic imine (C=N–C) groups is 1. The van der Waals surface area contributed by atoms with Gasteiger partial charge in [-0.2, -0.15) is 23.4 Å². The maximum absolute atomic E-state index is 13.3. The van der Waals surface area contributed by atoms with Gasteiger partial charge < -0.3 is 42.7 Å². The fourth-order valence-corrected chi connectivity index (χ4v) is 6.00. The molecule has 0 radical (unpaired) electrons. The van der Waals surface area contributed by atoms with Gasteiger partial charge in [0, 0.05) is 37.3 Å². The number of thioether (sulfide) groups is 1. The van der Waals surface area contributed by atoms with E-state index in [0.717, 1.165) is 16.6 Å². The Labute approximate surface area is 248 Å². The van der Waals surface area contributed by atoms with Crippen molar-refractivity contribution in [3.63, 3.8) is 0 Å². The molecule has 234 valence electrons. The second kappa shape index (κ2) is 11.6. The SMILES string of the molecule is NCC1CN(C(N)=NCc2cnn(CC3C(NC(=O)/C(=N\OC4(C(=O)O)CC4)C4=CSC(N)N4)C(=O)N3S(=O)(=O)O)n2)C1. The van der Waals surface area contributed by atoms with Crippen molar-refractivity contribution in [3.05, 3.63) is 23.0 Å². The van der Waals surface area contributed by atoms with E-state index in [1.807, 2.05) is 4.90 Å². The van der Waals surface area contributed by atoms with Gasteiger partial charge in [-0.05, 0) is 6.54 Å². The molecule has 0 aromatic carbocycles. The molecule has 22 heteroatoms. The molecule has 1 saturated carbocycles. The Kier molecular flexibility index (Phi) is 8.22. The zero-order valence-electron chi connectivity index (χ0n) is 22.4. The fourth-order valence-electron chi connectivity index (χ4n) is 4.47. The summed E-state index contributed by atoms with van der Waals surface area (Å²) in [5.74, 6) is -2.70. The molecule has 5 rings (SSSR count). The zero-order chi connectivity index (χ0) is 31.1. The normalized spacial score (nSPS) is 25.4. The number of aliphatic carboxylic acids is 1. The summed E-state index contributed by atoms with van der Waals surface area (Å²) < 4.78 is 33.8. The molecular formula is C21H30N12O8S2. The van der Waals surface area contributed by atoms with Crippen LogP contribution in [0.1, 0.15) is 18.5 Å². The Hall–Kier alpha value is -3.99. The highest BCUT2D eigenvalue weighted by Gasteiger charge is 2.56. The number of hydrogen-bond donors (Lipinski definition) is 7. The number of likely N-dealkylation sites (tertiary alicyclic amines) is 1. The molecule has 1 aliphatic carbocycles. The van der Waals surface area contributed by atoms with Crippen LogP contribution >= 0.6 is 11.8 Å². The van der Waals surface area contributed by atoms with Crippen molar-refractivity contribution in [2.45, 2.75) is 49.1 Å². The van der Waals surface area contributed by atoms with Crippen LogP contribution in [-0.4, -0.2) is 115 Å². The van der Waals surface area contributed by atoms with Crippen LogP contribution in [0.25, 0.3) is 0 Å². The standard InChI is InChI=1S/C21H30N12O8S2/c22-3-10-6-31(7-10)19(23)25-4-11-5-26-32(29-11)8-13-15(17(35)33(13)43(38,39)40)28-16(34)14(12-9-42-20(24)27-12)30-41-21(1-2-21)18(36)37/h5,9-10,13,15,20,27H,1-4,6-8,22,24H2,(H2,23,25)(H,28,34)(H,36,37)(H,38,39,40)/b30-14-. The van der Waals surface area contributed by atoms with Crippen molar-refractivity contribution < 1.29 is 37.3 Å². The van der Waals surface area contributed by atoms with Gasteiger partial charge in [-0.15, -0.1) is 0 Å². The van der Waals surface area contributed by atoms with E-state index in [9.17, 15) is 32.5 Å². The first-order chi connectivity index (χ1) is 20.3. The predicted octanol–water partition coefficient (Wildman–Crippen LogP) is -4.11. The third-order valence-electron chi connectivity index (χ3n) is 7.16. The van der Waals surface area contributed by atoms with Crippen LogP contribution in [0.4, 0.5) is 0 Å². The Morgan fingerprint density at radius 3 is 2.63 bits per heavy atom. The minimum atomic E-state index is -5.01. The summed E-state index contributed by atoms with van der Waals surface area (Å²) in [6, 6.07) is -2.78. The van der Waals surface area contributed by atoms with Crippen LogP contribution < -0.4 is 27.8 Å². The number of β-lactam (4-membered cyclic amide) rings is 1. The summed E-state index contributed by atoms with van der Waals surface area (Å²) in [5.41, 5.74) is 15.3. The molecule has 4 aliphatic rings. The van der Waals surface area contributed by atoms with E-state index in [1.54, 1.807) is 0 Å². The summed E-state index contributed by atoms with van der Waals surface area (Å²) >= 11 is 1.11. The first-order valence-electron chi connectivity index (χ1n) is 12.9. The lowest BCUT2D eigenvalue weighted by Gasteiger charge is -2.43. The average Bonchev–Trinajstić information content (AvgIpc) is 3.38. The molecule has 2 saturated heterocycles. The van der Waals surface area contributed by atoms with Crippen LogP contribution in [0.3, 0.4) is 0 Å². The van der Waals surface area contributed by atoms with Gasteiger partial charge in [0.1, 0.15) is 23.3 Å². The maximum atomic E-state index is 13.3. The molecule has 10 N–H and O–H groups in total. The summed E-state index contributed by atoms with van der Waals surface area (Å²) in [7, 11) is -5.01. The first-order valence-corrected chi connectivity index (χ1v) is 15.3. The minimum Gasteiger partial charge on any atom is -0.478 e. The van der Waals surface area contributed by atoms with Gasteiger partial charge in [0.2, 0.25) is 5.60 Å². The van der Waals surface area contributed by atoms with Crippen LogP contribution in [0.2, 0.25) is 0 Å². The third kappa shape index (κ3) is 6.36. The lowest BCUT2D eigenvalue weighted by Crippen LogP contribution is -2.73. The van der Waals surface area contributed by atoms with Crippen LogP contribution in [0, 0.1) is 5.92 Å². The molecule has 3 atom stereocenters. The van der Waals surface area contributed by atoms with Gasteiger partial charge in [-0.1, -0.05) is 16.9 Å². The number of nitrogens with one attached hydrogen (secondary N) is 2. The number of oxime groups is 1. The molecule has 3 aliphatic heterocycles. The topological polar surface area (TPSA) is 299 Å². The van der Waals surface area contributed by atoms with Gasteiger partial charge in [-0.25, -0.2) is 14.1 Å². The molecule has 1 aromatic rings. The fraction of sp³-hybridized carbons (Fsp3) is 0.571. The number of guanidine groups is 1. The monoisotopic (exact) mass is 642 g/mol. The number of rotatable bonds is 12. The second-order valence-corrected chi connectivity index (χ2v) is 12.6. The lowest BCUT2D eigenvalue weighted by atomic mass is 9.98. The second-order valence-electron chi connectivity index (χ2n) is 10.3. The van der Waals surface area contributed by atoms with Crippen LogP contribution in [-0.2, 0) is 42.6 Å². The number of nitrogens with two attached hydrogens (primary N) is 3. The van der Waals surface area contributed by atoms with Crippen molar-refractivity contribution >= 4 is 51.5 Å². The molecule has 4 heterocycles. The minimum absolute atomic E-state index is 0.0708. The summed E-state index contributed by atoms with van der Waals surface area (Å²) in [5, 5.41) is 28.0. The zero-order valence-corrected chi connectivity index (χ0v) is 24.1. The smallest absolute Gasteiger partial charge is 0.362 e. The van der Waals surface area contributed by atoms with E-state index in [2.05, 4.69) is 31.0 Å². The number of nitrogens with zero attached hydrogens (tertiary/aromatic N) is 7. The highest BCUT2D eigenvalue weighted by atomic mass is 32.2. The van der Waals surface area contributed by atoms with E-state index in [0.29, 0.717) is 37.2 Å². The quantitative estimate of drug-likeness (QED) is 0.0374. The van der Waals surface area contributed by atoms with Gasteiger partial charge in [-0.3, -0.25) is 14.1 Å². The van der Waals surface area contributed by atoms with E-state index < -0.39 is 57.0 Å². The molecule has 3 unspecified atom stereocenters. The van der Waals surface area contributed by atoms with Gasteiger partial charge in [0.15, 0.2) is 11.7 Å². The molecule has 2 amide bonds. The van der Waals surface area contributed by atoms with Crippen molar-refractivity contribution in [1.82, 2.24) is 34.8 Å². The number of hydrogen-bond acceptors (Lipinski definition) is 14. The lowest BCUT2D eigenvalue weighted by molar-refractivity contribution is -0.153. The van der Waals surface area contributed by atoms with Crippen LogP contribution in [0.5, 0.6) is 0 Å². The number of aromatic nitrogens is 3. The Balaban J connectivity index is 1.29. The molecule has 20 nitrogen and oxygen atoms in total. The van der Waals surface area contributed by atoms with Crippen molar-refractivity contribution in [3.8, 4) is 0 Å². The highest BCUT2D eigenvalue weighted by Crippen LogP contribution is 2.40.